The Morgan fingerprint density at radius 1 is 1.29 bits per heavy atom. The highest BCUT2D eigenvalue weighted by Gasteiger charge is 2.07. The first-order chi connectivity index (χ1) is 8.33. The van der Waals surface area contributed by atoms with E-state index in [2.05, 4.69) is 16.9 Å². The summed E-state index contributed by atoms with van der Waals surface area (Å²) < 4.78 is 6.38. The topological polar surface area (TPSA) is 37.9 Å². The molecule has 1 heterocycles. The summed E-state index contributed by atoms with van der Waals surface area (Å²) in [5.41, 5.74) is 1.88. The van der Waals surface area contributed by atoms with Crippen molar-refractivity contribution in [3.8, 4) is 16.9 Å². The zero-order chi connectivity index (χ0) is 12.1. The highest BCUT2D eigenvalue weighted by atomic mass is 32.1. The molecule has 3 nitrogen and oxygen atoms in total. The van der Waals surface area contributed by atoms with Gasteiger partial charge in [-0.25, -0.2) is 4.98 Å². The molecule has 2 aromatic rings. The molecular weight excluding hydrogens is 232 g/mol. The Morgan fingerprint density at radius 3 is 2.88 bits per heavy atom. The maximum atomic E-state index is 5.71. The third-order valence-corrected chi connectivity index (χ3v) is 2.70. The van der Waals surface area contributed by atoms with Crippen molar-refractivity contribution in [1.29, 1.82) is 0 Å². The molecule has 0 saturated carbocycles. The molecule has 1 aromatic carbocycles. The van der Waals surface area contributed by atoms with Gasteiger partial charge in [-0.1, -0.05) is 37.3 Å². The number of aromatic amines is 1. The molecule has 0 bridgehead atoms. The largest absolute Gasteiger partial charge is 0.493 e. The van der Waals surface area contributed by atoms with Crippen LogP contribution < -0.4 is 4.74 Å². The minimum absolute atomic E-state index is 0.674. The summed E-state index contributed by atoms with van der Waals surface area (Å²) in [6, 6.07) is 7.87. The summed E-state index contributed by atoms with van der Waals surface area (Å²) in [6.45, 7) is 2.78. The van der Waals surface area contributed by atoms with E-state index in [0.29, 0.717) is 11.2 Å². The van der Waals surface area contributed by atoms with Crippen LogP contribution in [0.25, 0.3) is 11.1 Å². The smallest absolute Gasteiger partial charge is 0.127 e. The predicted molar refractivity (Wildman–Crippen MR) is 70.6 cm³/mol. The van der Waals surface area contributed by atoms with Crippen LogP contribution in [0.5, 0.6) is 5.75 Å². The number of para-hydroxylation sites is 1. The van der Waals surface area contributed by atoms with Gasteiger partial charge in [0.2, 0.25) is 0 Å². The zero-order valence-corrected chi connectivity index (χ0v) is 10.5. The molecule has 0 aliphatic heterocycles. The van der Waals surface area contributed by atoms with Gasteiger partial charge in [-0.15, -0.1) is 0 Å². The standard InChI is InChI=1S/C13H14N2OS/c1-2-7-16-12-6-4-3-5-10(12)11-8-14-9-15-13(11)17/h3-6,8-9H,2,7H2,1H3,(H,14,15,17). The van der Waals surface area contributed by atoms with Crippen molar-refractivity contribution in [2.75, 3.05) is 6.61 Å². The fourth-order valence-electron chi connectivity index (χ4n) is 1.56. The van der Waals surface area contributed by atoms with Crippen LogP contribution in [0.3, 0.4) is 0 Å². The van der Waals surface area contributed by atoms with E-state index in [-0.39, 0.29) is 0 Å². The molecule has 2 rings (SSSR count). The summed E-state index contributed by atoms with van der Waals surface area (Å²) in [5.74, 6) is 0.849. The Kier molecular flexibility index (Phi) is 3.88. The van der Waals surface area contributed by atoms with Crippen molar-refractivity contribution < 1.29 is 4.74 Å². The third-order valence-electron chi connectivity index (χ3n) is 2.36. The van der Waals surface area contributed by atoms with Crippen molar-refractivity contribution in [3.63, 3.8) is 0 Å². The lowest BCUT2D eigenvalue weighted by Gasteiger charge is -2.10. The monoisotopic (exact) mass is 246 g/mol. The van der Waals surface area contributed by atoms with E-state index < -0.39 is 0 Å². The highest BCUT2D eigenvalue weighted by Crippen LogP contribution is 2.29. The van der Waals surface area contributed by atoms with E-state index in [0.717, 1.165) is 23.3 Å². The zero-order valence-electron chi connectivity index (χ0n) is 9.64. The SMILES string of the molecule is CCCOc1ccccc1-c1cnc[nH]c1=S. The maximum Gasteiger partial charge on any atom is 0.127 e. The minimum Gasteiger partial charge on any atom is -0.493 e. The summed E-state index contributed by atoms with van der Waals surface area (Å²) in [4.78, 5) is 7.00. The molecule has 0 fully saturated rings. The molecule has 4 heteroatoms. The van der Waals surface area contributed by atoms with Gasteiger partial charge >= 0.3 is 0 Å². The van der Waals surface area contributed by atoms with E-state index in [4.69, 9.17) is 17.0 Å². The maximum absolute atomic E-state index is 5.71. The number of nitrogens with zero attached hydrogens (tertiary/aromatic N) is 1. The summed E-state index contributed by atoms with van der Waals surface area (Å²) in [6.07, 6.45) is 4.32. The summed E-state index contributed by atoms with van der Waals surface area (Å²) in [5, 5.41) is 0. The number of nitrogens with one attached hydrogen (secondary N) is 1. The van der Waals surface area contributed by atoms with Gasteiger partial charge < -0.3 is 9.72 Å². The average Bonchev–Trinajstić information content (AvgIpc) is 2.37. The van der Waals surface area contributed by atoms with Gasteiger partial charge in [0.1, 0.15) is 10.4 Å². The molecule has 88 valence electrons. The van der Waals surface area contributed by atoms with Gasteiger partial charge in [0, 0.05) is 17.3 Å². The molecule has 0 aliphatic carbocycles. The number of ether oxygens (including phenoxy) is 1. The number of rotatable bonds is 4. The van der Waals surface area contributed by atoms with E-state index in [9.17, 15) is 0 Å². The number of hydrogen-bond acceptors (Lipinski definition) is 3. The Hall–Kier alpha value is -1.68. The Bertz CT molecular complexity index is 551. The van der Waals surface area contributed by atoms with Crippen molar-refractivity contribution >= 4 is 12.2 Å². The molecular formula is C13H14N2OS. The van der Waals surface area contributed by atoms with E-state index >= 15 is 0 Å². The fraction of sp³-hybridized carbons (Fsp3) is 0.231. The van der Waals surface area contributed by atoms with Gasteiger partial charge in [-0.3, -0.25) is 0 Å². The van der Waals surface area contributed by atoms with Gasteiger partial charge in [-0.05, 0) is 12.5 Å². The van der Waals surface area contributed by atoms with Crippen LogP contribution in [-0.4, -0.2) is 16.6 Å². The fourth-order valence-corrected chi connectivity index (χ4v) is 1.78. The molecule has 1 N–H and O–H groups in total. The third kappa shape index (κ3) is 2.71. The van der Waals surface area contributed by atoms with Gasteiger partial charge in [-0.2, -0.15) is 0 Å². The molecule has 17 heavy (non-hydrogen) atoms. The van der Waals surface area contributed by atoms with Crippen LogP contribution in [0.4, 0.5) is 0 Å². The average molecular weight is 246 g/mol. The van der Waals surface area contributed by atoms with Crippen molar-refractivity contribution in [1.82, 2.24) is 9.97 Å². The Labute approximate surface area is 105 Å². The van der Waals surface area contributed by atoms with E-state index in [1.54, 1.807) is 12.5 Å². The molecule has 0 atom stereocenters. The number of H-pyrrole nitrogens is 1. The Morgan fingerprint density at radius 2 is 2.12 bits per heavy atom. The number of hydrogen-bond donors (Lipinski definition) is 1. The van der Waals surface area contributed by atoms with Crippen LogP contribution >= 0.6 is 12.2 Å². The van der Waals surface area contributed by atoms with Crippen molar-refractivity contribution in [2.45, 2.75) is 13.3 Å². The minimum atomic E-state index is 0.674. The molecule has 0 radical (unpaired) electrons. The van der Waals surface area contributed by atoms with Crippen molar-refractivity contribution in [3.05, 3.63) is 41.4 Å². The second kappa shape index (κ2) is 5.59. The highest BCUT2D eigenvalue weighted by molar-refractivity contribution is 7.71. The second-order valence-electron chi connectivity index (χ2n) is 3.64. The first kappa shape index (κ1) is 11.8. The lowest BCUT2D eigenvalue weighted by Crippen LogP contribution is -1.97. The molecule has 1 aromatic heterocycles. The summed E-state index contributed by atoms with van der Waals surface area (Å²) in [7, 11) is 0. The number of aromatic nitrogens is 2. The first-order valence-corrected chi connectivity index (χ1v) is 5.98. The predicted octanol–water partition coefficient (Wildman–Crippen LogP) is 3.59. The number of benzene rings is 1. The van der Waals surface area contributed by atoms with Gasteiger partial charge in [0.25, 0.3) is 0 Å². The van der Waals surface area contributed by atoms with E-state index in [1.807, 2.05) is 24.3 Å². The molecule has 0 saturated heterocycles. The lowest BCUT2D eigenvalue weighted by molar-refractivity contribution is 0.318. The molecule has 0 unspecified atom stereocenters. The second-order valence-corrected chi connectivity index (χ2v) is 4.05. The molecule has 0 amide bonds. The van der Waals surface area contributed by atoms with E-state index in [1.165, 1.54) is 0 Å². The molecule has 0 spiro atoms. The quantitative estimate of drug-likeness (QED) is 0.838. The van der Waals surface area contributed by atoms with Gasteiger partial charge in [0.15, 0.2) is 0 Å². The van der Waals surface area contributed by atoms with Crippen LogP contribution in [0.15, 0.2) is 36.8 Å². The van der Waals surface area contributed by atoms with Crippen LogP contribution in [0.2, 0.25) is 0 Å². The summed E-state index contributed by atoms with van der Waals surface area (Å²) >= 11 is 5.26. The van der Waals surface area contributed by atoms with Crippen LogP contribution in [-0.2, 0) is 0 Å². The van der Waals surface area contributed by atoms with Crippen LogP contribution in [0.1, 0.15) is 13.3 Å². The lowest BCUT2D eigenvalue weighted by atomic mass is 10.1. The first-order valence-electron chi connectivity index (χ1n) is 5.58. The molecule has 0 aliphatic rings. The normalized spacial score (nSPS) is 10.2. The van der Waals surface area contributed by atoms with Gasteiger partial charge in [0.05, 0.1) is 12.9 Å². The van der Waals surface area contributed by atoms with Crippen molar-refractivity contribution in [2.24, 2.45) is 0 Å². The van der Waals surface area contributed by atoms with Crippen LogP contribution in [0, 0.1) is 4.64 Å². The Balaban J connectivity index is 2.45.